The first-order valence-electron chi connectivity index (χ1n) is 10.5. The zero-order valence-electron chi connectivity index (χ0n) is 18.0. The summed E-state index contributed by atoms with van der Waals surface area (Å²) in [6.07, 6.45) is 3.34. The van der Waals surface area contributed by atoms with Gasteiger partial charge >= 0.3 is 0 Å². The minimum atomic E-state index is -0.175. The van der Waals surface area contributed by atoms with E-state index in [2.05, 4.69) is 17.4 Å². The van der Waals surface area contributed by atoms with Gasteiger partial charge in [-0.1, -0.05) is 72.9 Å². The molecule has 0 spiro atoms. The second-order valence-corrected chi connectivity index (χ2v) is 8.67. The zero-order valence-corrected chi connectivity index (χ0v) is 19.6. The molecule has 0 heterocycles. The molecule has 3 rings (SSSR count). The highest BCUT2D eigenvalue weighted by atomic mass is 32.2. The third-order valence-electron chi connectivity index (χ3n) is 4.67. The average Bonchev–Trinajstić information content (AvgIpc) is 2.87. The van der Waals surface area contributed by atoms with Crippen LogP contribution in [0.5, 0.6) is 5.75 Å². The number of carbonyl (C=O) groups is 1. The fourth-order valence-electron chi connectivity index (χ4n) is 2.97. The van der Waals surface area contributed by atoms with Crippen LogP contribution >= 0.6 is 24.0 Å². The van der Waals surface area contributed by atoms with Gasteiger partial charge in [-0.15, -0.1) is 0 Å². The fraction of sp³-hybridized carbons (Fsp3) is 0.154. The Hall–Kier alpha value is -3.13. The van der Waals surface area contributed by atoms with Crippen molar-refractivity contribution in [3.63, 3.8) is 0 Å². The van der Waals surface area contributed by atoms with Crippen LogP contribution in [0, 0.1) is 0 Å². The van der Waals surface area contributed by atoms with Crippen LogP contribution in [0.2, 0.25) is 0 Å². The van der Waals surface area contributed by atoms with Gasteiger partial charge in [0.25, 0.3) is 0 Å². The van der Waals surface area contributed by atoms with Gasteiger partial charge in [0.05, 0.1) is 6.04 Å². The van der Waals surface area contributed by atoms with Crippen LogP contribution in [0.25, 0.3) is 6.08 Å². The monoisotopic (exact) mass is 478 g/mol. The Labute approximate surface area is 203 Å². The number of benzene rings is 3. The summed E-state index contributed by atoms with van der Waals surface area (Å²) in [5.41, 5.74) is 4.86. The second kappa shape index (κ2) is 13.4. The zero-order chi connectivity index (χ0) is 23.3. The maximum Gasteiger partial charge on any atom is 0.244 e. The van der Waals surface area contributed by atoms with Crippen LogP contribution in [-0.2, 0) is 10.5 Å². The van der Waals surface area contributed by atoms with Crippen molar-refractivity contribution in [2.45, 2.75) is 11.8 Å². The summed E-state index contributed by atoms with van der Waals surface area (Å²) in [6, 6.07) is 26.8. The summed E-state index contributed by atoms with van der Waals surface area (Å²) in [7, 11) is 0. The number of carbonyl (C=O) groups excluding carboxylic acids is 1. The van der Waals surface area contributed by atoms with Crippen molar-refractivity contribution in [3.05, 3.63) is 108 Å². The van der Waals surface area contributed by atoms with Crippen molar-refractivity contribution in [3.8, 4) is 5.75 Å². The van der Waals surface area contributed by atoms with Gasteiger partial charge in [-0.25, -0.2) is 0 Å². The number of thioether (sulfide) groups is 1. The van der Waals surface area contributed by atoms with Crippen LogP contribution in [-0.4, -0.2) is 34.5 Å². The van der Waals surface area contributed by atoms with E-state index in [1.54, 1.807) is 48.2 Å². The number of hydroxylamine groups is 1. The average molecular weight is 479 g/mol. The van der Waals surface area contributed by atoms with Gasteiger partial charge in [-0.05, 0) is 41.5 Å². The number of hydrogen-bond donors (Lipinski definition) is 3. The largest absolute Gasteiger partial charge is 0.491 e. The molecule has 0 aliphatic carbocycles. The maximum absolute atomic E-state index is 12.5. The maximum atomic E-state index is 12.5. The van der Waals surface area contributed by atoms with E-state index in [0.29, 0.717) is 23.7 Å². The smallest absolute Gasteiger partial charge is 0.244 e. The summed E-state index contributed by atoms with van der Waals surface area (Å²) in [4.78, 5) is 12.8. The standard InChI is InChI=1S/C26H26N2O3S2/c29-25(16-11-20-7-3-1-4-8-20)27-23(19-33-18-21-9-5-2-6-10-21)17-31-24-14-12-22(13-15-24)26(32)28-30/h1-16,23,30H,17-19H2,(H,27,29)(H,28,32)/t23-/m1/s1. The summed E-state index contributed by atoms with van der Waals surface area (Å²) < 4.78 is 5.92. The molecule has 7 heteroatoms. The normalized spacial score (nSPS) is 11.7. The topological polar surface area (TPSA) is 70.6 Å². The minimum absolute atomic E-state index is 0.164. The van der Waals surface area contributed by atoms with Gasteiger partial charge in [0.1, 0.15) is 17.3 Å². The van der Waals surface area contributed by atoms with Crippen LogP contribution in [0.1, 0.15) is 16.7 Å². The fourth-order valence-corrected chi connectivity index (χ4v) is 4.12. The molecule has 170 valence electrons. The van der Waals surface area contributed by atoms with E-state index in [1.807, 2.05) is 54.0 Å². The molecule has 0 aliphatic rings. The Balaban J connectivity index is 1.58. The minimum Gasteiger partial charge on any atom is -0.491 e. The van der Waals surface area contributed by atoms with Crippen molar-refractivity contribution in [2.75, 3.05) is 12.4 Å². The van der Waals surface area contributed by atoms with Crippen LogP contribution < -0.4 is 15.5 Å². The number of hydrogen-bond acceptors (Lipinski definition) is 5. The third-order valence-corrected chi connectivity index (χ3v) is 6.18. The van der Waals surface area contributed by atoms with E-state index < -0.39 is 0 Å². The Kier molecular flexibility index (Phi) is 9.97. The molecule has 0 unspecified atom stereocenters. The third kappa shape index (κ3) is 8.73. The predicted molar refractivity (Wildman–Crippen MR) is 139 cm³/mol. The lowest BCUT2D eigenvalue weighted by atomic mass is 10.2. The molecule has 1 amide bonds. The van der Waals surface area contributed by atoms with E-state index in [1.165, 1.54) is 5.56 Å². The van der Waals surface area contributed by atoms with Crippen molar-refractivity contribution in [1.82, 2.24) is 10.8 Å². The molecule has 0 radical (unpaired) electrons. The number of thiocarbonyl (C=S) groups is 1. The first kappa shape index (κ1) is 24.5. The molecule has 0 bridgehead atoms. The molecule has 0 saturated heterocycles. The molecule has 3 aromatic carbocycles. The van der Waals surface area contributed by atoms with Gasteiger partial charge in [0.15, 0.2) is 0 Å². The second-order valence-electron chi connectivity index (χ2n) is 7.23. The summed E-state index contributed by atoms with van der Waals surface area (Å²) in [6.45, 7) is 0.328. The Morgan fingerprint density at radius 2 is 1.67 bits per heavy atom. The highest BCUT2D eigenvalue weighted by Gasteiger charge is 2.13. The quantitative estimate of drug-likeness (QED) is 0.208. The number of amides is 1. The van der Waals surface area contributed by atoms with E-state index in [0.717, 1.165) is 11.3 Å². The molecule has 33 heavy (non-hydrogen) atoms. The van der Waals surface area contributed by atoms with Gasteiger partial charge in [0.2, 0.25) is 5.91 Å². The van der Waals surface area contributed by atoms with Crippen molar-refractivity contribution in [2.24, 2.45) is 0 Å². The molecule has 3 aromatic rings. The van der Waals surface area contributed by atoms with Gasteiger partial charge < -0.3 is 10.1 Å². The molecule has 1 atom stereocenters. The highest BCUT2D eigenvalue weighted by Crippen LogP contribution is 2.16. The number of nitrogens with one attached hydrogen (secondary N) is 2. The molecular weight excluding hydrogens is 452 g/mol. The van der Waals surface area contributed by atoms with E-state index in [4.69, 9.17) is 22.2 Å². The van der Waals surface area contributed by atoms with Crippen LogP contribution in [0.15, 0.2) is 91.0 Å². The lowest BCUT2D eigenvalue weighted by Gasteiger charge is -2.19. The van der Waals surface area contributed by atoms with E-state index in [9.17, 15) is 4.79 Å². The first-order valence-corrected chi connectivity index (χ1v) is 12.0. The SMILES string of the molecule is O=C(C=Cc1ccccc1)N[C@H](COc1ccc(C(=S)NO)cc1)CSCc1ccccc1. The Bertz CT molecular complexity index is 1040. The van der Waals surface area contributed by atoms with E-state index >= 15 is 0 Å². The predicted octanol–water partition coefficient (Wildman–Crippen LogP) is 4.85. The van der Waals surface area contributed by atoms with Crippen molar-refractivity contribution >= 4 is 41.0 Å². The molecule has 0 saturated carbocycles. The number of rotatable bonds is 11. The molecular formula is C26H26N2O3S2. The Morgan fingerprint density at radius 1 is 1.00 bits per heavy atom. The van der Waals surface area contributed by atoms with Gasteiger partial charge in [-0.3, -0.25) is 15.5 Å². The lowest BCUT2D eigenvalue weighted by molar-refractivity contribution is -0.117. The summed E-state index contributed by atoms with van der Waals surface area (Å²) in [5, 5.41) is 12.0. The molecule has 0 aromatic heterocycles. The molecule has 5 nitrogen and oxygen atoms in total. The van der Waals surface area contributed by atoms with Crippen LogP contribution in [0.4, 0.5) is 0 Å². The van der Waals surface area contributed by atoms with E-state index in [-0.39, 0.29) is 16.9 Å². The summed E-state index contributed by atoms with van der Waals surface area (Å²) >= 11 is 6.75. The number of ether oxygens (including phenoxy) is 1. The Morgan fingerprint density at radius 3 is 2.33 bits per heavy atom. The lowest BCUT2D eigenvalue weighted by Crippen LogP contribution is -2.40. The van der Waals surface area contributed by atoms with Crippen LogP contribution in [0.3, 0.4) is 0 Å². The molecule has 3 N–H and O–H groups in total. The highest BCUT2D eigenvalue weighted by molar-refractivity contribution is 7.98. The van der Waals surface area contributed by atoms with Crippen molar-refractivity contribution < 1.29 is 14.7 Å². The molecule has 0 fully saturated rings. The van der Waals surface area contributed by atoms with Gasteiger partial charge in [0, 0.05) is 23.1 Å². The van der Waals surface area contributed by atoms with Crippen molar-refractivity contribution in [1.29, 1.82) is 0 Å². The first-order chi connectivity index (χ1) is 16.1. The molecule has 0 aliphatic heterocycles. The summed E-state index contributed by atoms with van der Waals surface area (Å²) in [5.74, 6) is 2.05. The van der Waals surface area contributed by atoms with Gasteiger partial charge in [-0.2, -0.15) is 11.8 Å².